The van der Waals surface area contributed by atoms with Crippen molar-refractivity contribution >= 4 is 11.3 Å². The molecule has 2 aromatic heterocycles. The van der Waals surface area contributed by atoms with Gasteiger partial charge in [-0.2, -0.15) is 0 Å². The van der Waals surface area contributed by atoms with Crippen molar-refractivity contribution < 1.29 is 0 Å². The topological polar surface area (TPSA) is 55.6 Å². The van der Waals surface area contributed by atoms with Crippen LogP contribution in [0, 0.1) is 6.92 Å². The van der Waals surface area contributed by atoms with Gasteiger partial charge in [0.25, 0.3) is 0 Å². The molecule has 2 aromatic rings. The lowest BCUT2D eigenvalue weighted by Gasteiger charge is -2.19. The van der Waals surface area contributed by atoms with Crippen molar-refractivity contribution in [1.82, 2.24) is 25.1 Å². The summed E-state index contributed by atoms with van der Waals surface area (Å²) in [6, 6.07) is 0. The van der Waals surface area contributed by atoms with Gasteiger partial charge >= 0.3 is 0 Å². The fourth-order valence-corrected chi connectivity index (χ4v) is 2.14. The Bertz CT molecular complexity index is 494. The van der Waals surface area contributed by atoms with Gasteiger partial charge in [0.1, 0.15) is 10.8 Å². The van der Waals surface area contributed by atoms with Crippen LogP contribution in [0.5, 0.6) is 0 Å². The quantitative estimate of drug-likeness (QED) is 0.905. The second-order valence-corrected chi connectivity index (χ2v) is 5.97. The van der Waals surface area contributed by atoms with Gasteiger partial charge < -0.3 is 5.32 Å². The monoisotopic (exact) mass is 251 g/mol. The van der Waals surface area contributed by atoms with Gasteiger partial charge in [-0.25, -0.2) is 4.98 Å². The highest BCUT2D eigenvalue weighted by molar-refractivity contribution is 7.13. The van der Waals surface area contributed by atoms with Crippen LogP contribution in [0.25, 0.3) is 5.13 Å². The number of rotatable bonds is 3. The van der Waals surface area contributed by atoms with Crippen molar-refractivity contribution in [3.05, 3.63) is 23.2 Å². The summed E-state index contributed by atoms with van der Waals surface area (Å²) in [5.74, 6) is 0.927. The molecule has 0 aliphatic heterocycles. The molecule has 0 aliphatic rings. The Morgan fingerprint density at radius 2 is 2.12 bits per heavy atom. The molecule has 17 heavy (non-hydrogen) atoms. The average molecular weight is 251 g/mol. The summed E-state index contributed by atoms with van der Waals surface area (Å²) in [5, 5.41) is 13.6. The molecule has 6 heteroatoms. The highest BCUT2D eigenvalue weighted by Crippen LogP contribution is 2.16. The first-order valence-electron chi connectivity index (χ1n) is 5.53. The van der Waals surface area contributed by atoms with Crippen molar-refractivity contribution in [3.8, 4) is 5.13 Å². The lowest BCUT2D eigenvalue weighted by molar-refractivity contribution is 0.423. The summed E-state index contributed by atoms with van der Waals surface area (Å²) in [5.41, 5.74) is 0.0940. The summed E-state index contributed by atoms with van der Waals surface area (Å²) in [7, 11) is 0. The van der Waals surface area contributed by atoms with Crippen molar-refractivity contribution in [2.45, 2.75) is 39.8 Å². The number of nitrogens with zero attached hydrogens (tertiary/aromatic N) is 4. The minimum atomic E-state index is 0.0940. The molecule has 0 saturated carbocycles. The van der Waals surface area contributed by atoms with Crippen molar-refractivity contribution in [2.75, 3.05) is 0 Å². The summed E-state index contributed by atoms with van der Waals surface area (Å²) in [4.78, 5) is 4.17. The largest absolute Gasteiger partial charge is 0.306 e. The normalized spacial score (nSPS) is 12.0. The molecule has 1 N–H and O–H groups in total. The number of hydrogen-bond donors (Lipinski definition) is 1. The van der Waals surface area contributed by atoms with Gasteiger partial charge in [0.05, 0.1) is 6.54 Å². The Morgan fingerprint density at radius 3 is 2.71 bits per heavy atom. The van der Waals surface area contributed by atoms with E-state index in [0.29, 0.717) is 0 Å². The molecule has 0 aromatic carbocycles. The van der Waals surface area contributed by atoms with E-state index in [9.17, 15) is 0 Å². The molecule has 2 heterocycles. The van der Waals surface area contributed by atoms with Crippen LogP contribution in [0.4, 0.5) is 0 Å². The van der Waals surface area contributed by atoms with Gasteiger partial charge in [0, 0.05) is 17.9 Å². The third kappa shape index (κ3) is 3.10. The first-order chi connectivity index (χ1) is 7.96. The van der Waals surface area contributed by atoms with Gasteiger partial charge in [-0.15, -0.1) is 10.2 Å². The lowest BCUT2D eigenvalue weighted by Crippen LogP contribution is -2.35. The molecule has 0 bridgehead atoms. The van der Waals surface area contributed by atoms with Crippen molar-refractivity contribution in [2.24, 2.45) is 0 Å². The number of aryl methyl sites for hydroxylation is 1. The fourth-order valence-electron chi connectivity index (χ4n) is 1.33. The molecule has 0 fully saturated rings. The first kappa shape index (κ1) is 12.2. The molecule has 0 spiro atoms. The van der Waals surface area contributed by atoms with E-state index in [1.54, 1.807) is 17.5 Å². The number of aromatic nitrogens is 4. The molecule has 2 rings (SSSR count). The molecule has 0 unspecified atom stereocenters. The minimum absolute atomic E-state index is 0.0940. The third-order valence-electron chi connectivity index (χ3n) is 2.26. The van der Waals surface area contributed by atoms with E-state index in [2.05, 4.69) is 41.3 Å². The van der Waals surface area contributed by atoms with Gasteiger partial charge in [0.15, 0.2) is 0 Å². The molecule has 0 atom stereocenters. The molecular formula is C11H17N5S. The predicted molar refractivity (Wildman–Crippen MR) is 68.4 cm³/mol. The molecule has 0 aliphatic carbocycles. The molecule has 5 nitrogen and oxygen atoms in total. The summed E-state index contributed by atoms with van der Waals surface area (Å²) in [6.07, 6.45) is 3.67. The van der Waals surface area contributed by atoms with Crippen LogP contribution in [-0.4, -0.2) is 25.3 Å². The van der Waals surface area contributed by atoms with Crippen LogP contribution in [0.1, 0.15) is 31.6 Å². The van der Waals surface area contributed by atoms with E-state index in [1.165, 1.54) is 0 Å². The number of hydrogen-bond acceptors (Lipinski definition) is 5. The zero-order valence-corrected chi connectivity index (χ0v) is 11.4. The minimum Gasteiger partial charge on any atom is -0.306 e. The number of nitrogens with one attached hydrogen (secondary N) is 1. The maximum absolute atomic E-state index is 4.17. The molecule has 0 radical (unpaired) electrons. The highest BCUT2D eigenvalue weighted by Gasteiger charge is 2.12. The summed E-state index contributed by atoms with van der Waals surface area (Å²) >= 11 is 1.58. The van der Waals surface area contributed by atoms with E-state index in [-0.39, 0.29) is 5.54 Å². The zero-order valence-electron chi connectivity index (χ0n) is 10.6. The van der Waals surface area contributed by atoms with Crippen molar-refractivity contribution in [1.29, 1.82) is 0 Å². The average Bonchev–Trinajstić information content (AvgIpc) is 2.81. The van der Waals surface area contributed by atoms with Gasteiger partial charge in [0.2, 0.25) is 5.13 Å². The Morgan fingerprint density at radius 1 is 1.35 bits per heavy atom. The van der Waals surface area contributed by atoms with Crippen LogP contribution in [-0.2, 0) is 6.54 Å². The Kier molecular flexibility index (Phi) is 3.26. The van der Waals surface area contributed by atoms with Gasteiger partial charge in [-0.3, -0.25) is 4.57 Å². The molecule has 0 amide bonds. The van der Waals surface area contributed by atoms with E-state index in [0.717, 1.165) is 22.5 Å². The summed E-state index contributed by atoms with van der Waals surface area (Å²) in [6.45, 7) is 9.10. The maximum Gasteiger partial charge on any atom is 0.217 e. The maximum atomic E-state index is 4.17. The van der Waals surface area contributed by atoms with E-state index < -0.39 is 0 Å². The van der Waals surface area contributed by atoms with Crippen LogP contribution in [0.2, 0.25) is 0 Å². The first-order valence-corrected chi connectivity index (χ1v) is 6.35. The van der Waals surface area contributed by atoms with Crippen molar-refractivity contribution in [3.63, 3.8) is 0 Å². The lowest BCUT2D eigenvalue weighted by atomic mass is 10.1. The zero-order chi connectivity index (χ0) is 12.5. The van der Waals surface area contributed by atoms with E-state index in [4.69, 9.17) is 0 Å². The Balaban J connectivity index is 2.09. The standard InChI is InChI=1S/C11H17N5S/c1-8-12-5-6-16(8)10-15-14-9(17-10)7-13-11(2,3)4/h5-6,13H,7H2,1-4H3. The van der Waals surface area contributed by atoms with Crippen LogP contribution < -0.4 is 5.32 Å². The van der Waals surface area contributed by atoms with Crippen LogP contribution in [0.3, 0.4) is 0 Å². The molecule has 0 saturated heterocycles. The van der Waals surface area contributed by atoms with Crippen LogP contribution in [0.15, 0.2) is 12.4 Å². The van der Waals surface area contributed by atoms with Gasteiger partial charge in [-0.05, 0) is 27.7 Å². The van der Waals surface area contributed by atoms with E-state index >= 15 is 0 Å². The van der Waals surface area contributed by atoms with E-state index in [1.807, 2.05) is 17.7 Å². The fraction of sp³-hybridized carbons (Fsp3) is 0.545. The SMILES string of the molecule is Cc1nccn1-c1nnc(CNC(C)(C)C)s1. The summed E-state index contributed by atoms with van der Waals surface area (Å²) < 4.78 is 1.94. The molecule has 92 valence electrons. The smallest absolute Gasteiger partial charge is 0.217 e. The van der Waals surface area contributed by atoms with Crippen LogP contribution >= 0.6 is 11.3 Å². The predicted octanol–water partition coefficient (Wildman–Crippen LogP) is 1.92. The second kappa shape index (κ2) is 4.54. The Hall–Kier alpha value is -1.27. The highest BCUT2D eigenvalue weighted by atomic mass is 32.1. The van der Waals surface area contributed by atoms with Gasteiger partial charge in [-0.1, -0.05) is 11.3 Å². The third-order valence-corrected chi connectivity index (χ3v) is 3.18. The second-order valence-electron chi connectivity index (χ2n) is 4.93. The Labute approximate surface area is 105 Å². The molecular weight excluding hydrogens is 234 g/mol. The number of imidazole rings is 1.